The largest absolute Gasteiger partial charge is 0.447 e. The molecule has 1 N–H and O–H groups in total. The quantitative estimate of drug-likeness (QED) is 0.824. The monoisotopic (exact) mass is 203 g/mol. The van der Waals surface area contributed by atoms with Crippen LogP contribution in [0.3, 0.4) is 0 Å². The molecule has 0 amide bonds. The van der Waals surface area contributed by atoms with Crippen LogP contribution < -0.4 is 5.32 Å². The second-order valence-corrected chi connectivity index (χ2v) is 3.32. The van der Waals surface area contributed by atoms with Crippen molar-refractivity contribution in [3.8, 4) is 0 Å². The first-order valence-corrected chi connectivity index (χ1v) is 4.88. The minimum Gasteiger partial charge on any atom is -0.447 e. The first-order chi connectivity index (χ1) is 7.36. The minimum absolute atomic E-state index is 0.205. The van der Waals surface area contributed by atoms with Gasteiger partial charge in [0.05, 0.1) is 18.4 Å². The van der Waals surface area contributed by atoms with Gasteiger partial charge in [0.15, 0.2) is 6.39 Å². The third-order valence-electron chi connectivity index (χ3n) is 2.20. The van der Waals surface area contributed by atoms with E-state index in [0.717, 1.165) is 11.5 Å². The van der Waals surface area contributed by atoms with Crippen LogP contribution in [0, 0.1) is 0 Å². The van der Waals surface area contributed by atoms with Crippen molar-refractivity contribution in [3.63, 3.8) is 0 Å². The Morgan fingerprint density at radius 3 is 3.07 bits per heavy atom. The average molecular weight is 203 g/mol. The fraction of sp³-hybridized carbons (Fsp3) is 0.273. The third-order valence-corrected chi connectivity index (χ3v) is 2.20. The molecule has 1 unspecified atom stereocenters. The lowest BCUT2D eigenvalue weighted by Crippen LogP contribution is -2.18. The predicted octanol–water partition coefficient (Wildman–Crippen LogP) is 1.92. The first-order valence-electron chi connectivity index (χ1n) is 4.88. The fourth-order valence-corrected chi connectivity index (χ4v) is 1.32. The zero-order chi connectivity index (χ0) is 10.5. The third kappa shape index (κ3) is 2.63. The first kappa shape index (κ1) is 9.86. The summed E-state index contributed by atoms with van der Waals surface area (Å²) in [6.45, 7) is 2.73. The summed E-state index contributed by atoms with van der Waals surface area (Å²) in [4.78, 5) is 8.12. The average Bonchev–Trinajstić information content (AvgIpc) is 2.80. The van der Waals surface area contributed by atoms with E-state index in [4.69, 9.17) is 4.42 Å². The molecule has 0 aliphatic carbocycles. The van der Waals surface area contributed by atoms with E-state index < -0.39 is 0 Å². The van der Waals surface area contributed by atoms with E-state index in [0.29, 0.717) is 6.54 Å². The molecule has 2 aromatic rings. The predicted molar refractivity (Wildman–Crippen MR) is 56.0 cm³/mol. The SMILES string of the molecule is CC(NCc1cnco1)c1ccccn1. The van der Waals surface area contributed by atoms with Crippen molar-refractivity contribution in [2.45, 2.75) is 19.5 Å². The van der Waals surface area contributed by atoms with Gasteiger partial charge in [-0.2, -0.15) is 0 Å². The van der Waals surface area contributed by atoms with E-state index in [2.05, 4.69) is 22.2 Å². The molecule has 0 aliphatic rings. The normalized spacial score (nSPS) is 12.6. The molecule has 0 fully saturated rings. The van der Waals surface area contributed by atoms with Gasteiger partial charge in [0.25, 0.3) is 0 Å². The number of aromatic nitrogens is 2. The molecule has 0 bridgehead atoms. The van der Waals surface area contributed by atoms with Crippen LogP contribution in [0.5, 0.6) is 0 Å². The van der Waals surface area contributed by atoms with E-state index in [-0.39, 0.29) is 6.04 Å². The van der Waals surface area contributed by atoms with Gasteiger partial charge in [-0.1, -0.05) is 6.07 Å². The molecule has 1 atom stereocenters. The number of pyridine rings is 1. The van der Waals surface area contributed by atoms with Crippen molar-refractivity contribution in [2.24, 2.45) is 0 Å². The zero-order valence-corrected chi connectivity index (χ0v) is 8.55. The molecule has 78 valence electrons. The van der Waals surface area contributed by atoms with Crippen molar-refractivity contribution >= 4 is 0 Å². The highest BCUT2D eigenvalue weighted by Gasteiger charge is 2.05. The van der Waals surface area contributed by atoms with E-state index in [1.807, 2.05) is 18.2 Å². The Balaban J connectivity index is 1.90. The standard InChI is InChI=1S/C11H13N3O/c1-9(11-4-2-3-5-13-11)14-7-10-6-12-8-15-10/h2-6,8-9,14H,7H2,1H3. The Hall–Kier alpha value is -1.68. The maximum absolute atomic E-state index is 5.13. The fourth-order valence-electron chi connectivity index (χ4n) is 1.32. The molecule has 2 rings (SSSR count). The lowest BCUT2D eigenvalue weighted by Gasteiger charge is -2.11. The Morgan fingerprint density at radius 1 is 1.47 bits per heavy atom. The van der Waals surface area contributed by atoms with Gasteiger partial charge >= 0.3 is 0 Å². The summed E-state index contributed by atoms with van der Waals surface area (Å²) in [5, 5.41) is 3.31. The van der Waals surface area contributed by atoms with Crippen LogP contribution in [0.4, 0.5) is 0 Å². The Morgan fingerprint density at radius 2 is 2.40 bits per heavy atom. The Labute approximate surface area is 88.4 Å². The van der Waals surface area contributed by atoms with Gasteiger partial charge in [-0.05, 0) is 19.1 Å². The summed E-state index contributed by atoms with van der Waals surface area (Å²) in [5.74, 6) is 0.831. The van der Waals surface area contributed by atoms with Crippen LogP contribution in [0.2, 0.25) is 0 Å². The summed E-state index contributed by atoms with van der Waals surface area (Å²) in [6.07, 6.45) is 4.93. The molecule has 0 saturated heterocycles. The molecule has 2 aromatic heterocycles. The number of nitrogens with zero attached hydrogens (tertiary/aromatic N) is 2. The van der Waals surface area contributed by atoms with Gasteiger partial charge in [0.1, 0.15) is 5.76 Å². The summed E-state index contributed by atoms with van der Waals surface area (Å²) in [6, 6.07) is 6.09. The summed E-state index contributed by atoms with van der Waals surface area (Å²) in [7, 11) is 0. The molecule has 0 spiro atoms. The molecule has 0 aliphatic heterocycles. The van der Waals surface area contributed by atoms with Crippen LogP contribution >= 0.6 is 0 Å². The summed E-state index contributed by atoms with van der Waals surface area (Å²) < 4.78 is 5.13. The van der Waals surface area contributed by atoms with E-state index in [9.17, 15) is 0 Å². The number of oxazole rings is 1. The zero-order valence-electron chi connectivity index (χ0n) is 8.55. The highest BCUT2D eigenvalue weighted by atomic mass is 16.3. The van der Waals surface area contributed by atoms with Crippen molar-refractivity contribution in [1.82, 2.24) is 15.3 Å². The molecule has 15 heavy (non-hydrogen) atoms. The molecular formula is C11H13N3O. The topological polar surface area (TPSA) is 51.0 Å². The van der Waals surface area contributed by atoms with Crippen LogP contribution in [0.25, 0.3) is 0 Å². The van der Waals surface area contributed by atoms with Gasteiger partial charge in [-0.25, -0.2) is 4.98 Å². The van der Waals surface area contributed by atoms with Crippen molar-refractivity contribution in [3.05, 3.63) is 48.4 Å². The molecule has 4 nitrogen and oxygen atoms in total. The van der Waals surface area contributed by atoms with Crippen molar-refractivity contribution in [1.29, 1.82) is 0 Å². The highest BCUT2D eigenvalue weighted by molar-refractivity contribution is 5.07. The minimum atomic E-state index is 0.205. The molecule has 0 radical (unpaired) electrons. The summed E-state index contributed by atoms with van der Waals surface area (Å²) >= 11 is 0. The second kappa shape index (κ2) is 4.70. The van der Waals surface area contributed by atoms with Gasteiger partial charge in [0.2, 0.25) is 0 Å². The van der Waals surface area contributed by atoms with Crippen LogP contribution in [-0.2, 0) is 6.54 Å². The number of nitrogens with one attached hydrogen (secondary N) is 1. The lowest BCUT2D eigenvalue weighted by atomic mass is 10.2. The van der Waals surface area contributed by atoms with Crippen LogP contribution in [0.1, 0.15) is 24.4 Å². The number of hydrogen-bond donors (Lipinski definition) is 1. The van der Waals surface area contributed by atoms with Crippen LogP contribution in [-0.4, -0.2) is 9.97 Å². The number of rotatable bonds is 4. The van der Waals surface area contributed by atoms with E-state index in [1.54, 1.807) is 12.4 Å². The molecule has 0 aromatic carbocycles. The maximum Gasteiger partial charge on any atom is 0.180 e. The van der Waals surface area contributed by atoms with Gasteiger partial charge in [-0.15, -0.1) is 0 Å². The highest BCUT2D eigenvalue weighted by Crippen LogP contribution is 2.08. The van der Waals surface area contributed by atoms with Gasteiger partial charge < -0.3 is 9.73 Å². The lowest BCUT2D eigenvalue weighted by molar-refractivity contribution is 0.455. The summed E-state index contributed by atoms with van der Waals surface area (Å²) in [5.41, 5.74) is 1.03. The number of hydrogen-bond acceptors (Lipinski definition) is 4. The van der Waals surface area contributed by atoms with Gasteiger partial charge in [0, 0.05) is 12.2 Å². The Bertz CT molecular complexity index is 385. The Kier molecular flexibility index (Phi) is 3.09. The van der Waals surface area contributed by atoms with E-state index >= 15 is 0 Å². The molecule has 2 heterocycles. The van der Waals surface area contributed by atoms with Crippen molar-refractivity contribution in [2.75, 3.05) is 0 Å². The molecule has 0 saturated carbocycles. The van der Waals surface area contributed by atoms with E-state index in [1.165, 1.54) is 6.39 Å². The maximum atomic E-state index is 5.13. The molecule has 4 heteroatoms. The van der Waals surface area contributed by atoms with Crippen molar-refractivity contribution < 1.29 is 4.42 Å². The molecular weight excluding hydrogens is 190 g/mol. The van der Waals surface area contributed by atoms with Gasteiger partial charge in [-0.3, -0.25) is 4.98 Å². The smallest absolute Gasteiger partial charge is 0.180 e. The van der Waals surface area contributed by atoms with Crippen LogP contribution in [0.15, 0.2) is 41.4 Å². The second-order valence-electron chi connectivity index (χ2n) is 3.32.